The van der Waals surface area contributed by atoms with Gasteiger partial charge in [0.1, 0.15) is 12.4 Å². The summed E-state index contributed by atoms with van der Waals surface area (Å²) < 4.78 is 51.6. The Morgan fingerprint density at radius 2 is 1.89 bits per heavy atom. The van der Waals surface area contributed by atoms with Gasteiger partial charge in [0.2, 0.25) is 0 Å². The highest BCUT2D eigenvalue weighted by molar-refractivity contribution is 7.14. The molecule has 1 aromatic heterocycles. The van der Waals surface area contributed by atoms with Crippen LogP contribution in [0.5, 0.6) is 5.75 Å². The monoisotopic (exact) mass is 504 g/mol. The lowest BCUT2D eigenvalue weighted by atomic mass is 10.0. The summed E-state index contributed by atoms with van der Waals surface area (Å²) in [4.78, 5) is 16.1. The number of unbranched alkanes of at least 4 members (excludes halogenated alkanes) is 5. The number of hydrogen-bond acceptors (Lipinski definition) is 6. The van der Waals surface area contributed by atoms with Gasteiger partial charge < -0.3 is 14.8 Å². The van der Waals surface area contributed by atoms with Gasteiger partial charge in [-0.05, 0) is 36.8 Å². The van der Waals surface area contributed by atoms with Crippen LogP contribution in [0.2, 0.25) is 0 Å². The average molecular weight is 505 g/mol. The molecule has 0 atom stereocenters. The highest BCUT2D eigenvalue weighted by atomic mass is 32.1. The highest BCUT2D eigenvalue weighted by Crippen LogP contribution is 2.39. The van der Waals surface area contributed by atoms with Crippen molar-refractivity contribution in [3.05, 3.63) is 58.5 Å². The molecule has 2 heterocycles. The molecule has 0 amide bonds. The van der Waals surface area contributed by atoms with Gasteiger partial charge in [-0.1, -0.05) is 45.1 Å². The summed E-state index contributed by atoms with van der Waals surface area (Å²) in [6.45, 7) is 2.63. The number of benzene rings is 2. The Bertz CT molecular complexity index is 1180. The minimum atomic E-state index is -4.54. The van der Waals surface area contributed by atoms with Crippen molar-refractivity contribution < 1.29 is 27.4 Å². The number of alkyl halides is 3. The number of hydrogen-bond donors (Lipinski definition) is 1. The fraction of sp³-hybridized carbons (Fsp3) is 0.385. The number of fused-ring (bicyclic) bond motifs is 1. The molecule has 0 aliphatic carbocycles. The first-order valence-corrected chi connectivity index (χ1v) is 12.6. The van der Waals surface area contributed by atoms with Gasteiger partial charge in [0, 0.05) is 22.2 Å². The molecule has 2 aromatic carbocycles. The van der Waals surface area contributed by atoms with Crippen LogP contribution in [-0.2, 0) is 17.5 Å². The quantitative estimate of drug-likeness (QED) is 0.212. The number of esters is 1. The number of halogens is 3. The van der Waals surface area contributed by atoms with Crippen LogP contribution in [0.15, 0.2) is 41.8 Å². The van der Waals surface area contributed by atoms with E-state index >= 15 is 0 Å². The average Bonchev–Trinajstić information content (AvgIpc) is 3.45. The third kappa shape index (κ3) is 6.33. The van der Waals surface area contributed by atoms with Crippen LogP contribution in [0.4, 0.5) is 24.0 Å². The number of anilines is 2. The normalized spacial score (nSPS) is 13.0. The molecule has 35 heavy (non-hydrogen) atoms. The molecule has 0 radical (unpaired) electrons. The number of nitrogens with one attached hydrogen (secondary N) is 1. The van der Waals surface area contributed by atoms with Crippen molar-refractivity contribution in [3.8, 4) is 17.0 Å². The Labute approximate surface area is 206 Å². The number of ether oxygens (including phenoxy) is 2. The van der Waals surface area contributed by atoms with E-state index in [9.17, 15) is 18.0 Å². The van der Waals surface area contributed by atoms with E-state index in [0.717, 1.165) is 49.3 Å². The molecule has 4 rings (SSSR count). The second-order valence-electron chi connectivity index (χ2n) is 8.44. The molecule has 186 valence electrons. The van der Waals surface area contributed by atoms with Crippen LogP contribution in [0, 0.1) is 0 Å². The van der Waals surface area contributed by atoms with Gasteiger partial charge in [0.05, 0.1) is 23.4 Å². The maximum absolute atomic E-state index is 13.7. The van der Waals surface area contributed by atoms with Crippen molar-refractivity contribution in [2.24, 2.45) is 0 Å². The third-order valence-electron chi connectivity index (χ3n) is 5.78. The van der Waals surface area contributed by atoms with Gasteiger partial charge in [-0.3, -0.25) is 0 Å². The number of cyclic esters (lactones) is 1. The molecule has 5 nitrogen and oxygen atoms in total. The molecule has 0 bridgehead atoms. The molecule has 1 aliphatic heterocycles. The smallest absolute Gasteiger partial charge is 0.420 e. The van der Waals surface area contributed by atoms with Gasteiger partial charge in [-0.25, -0.2) is 9.78 Å². The lowest BCUT2D eigenvalue weighted by Gasteiger charge is -2.15. The molecule has 0 saturated carbocycles. The minimum Gasteiger partial charge on any atom is -0.493 e. The second kappa shape index (κ2) is 11.1. The first kappa shape index (κ1) is 25.0. The molecule has 0 fully saturated rings. The van der Waals surface area contributed by atoms with E-state index in [1.807, 2.05) is 11.4 Å². The first-order chi connectivity index (χ1) is 16.8. The van der Waals surface area contributed by atoms with Crippen molar-refractivity contribution in [1.29, 1.82) is 0 Å². The zero-order chi connectivity index (χ0) is 24.8. The van der Waals surface area contributed by atoms with E-state index in [4.69, 9.17) is 9.47 Å². The molecule has 1 N–H and O–H groups in total. The van der Waals surface area contributed by atoms with Crippen LogP contribution < -0.4 is 10.1 Å². The number of carbonyl (C=O) groups is 1. The summed E-state index contributed by atoms with van der Waals surface area (Å²) in [5.41, 5.74) is 2.27. The summed E-state index contributed by atoms with van der Waals surface area (Å²) in [5, 5.41) is 5.23. The molecule has 0 spiro atoms. The van der Waals surface area contributed by atoms with Crippen molar-refractivity contribution in [1.82, 2.24) is 4.98 Å². The standard InChI is InChI=1S/C26H27F3N2O3S/c1-2-3-4-5-6-7-12-33-23-11-9-19(14-21(23)26(27,28)29)30-25-31-22(16-35-25)17-8-10-20-18(13-17)15-34-24(20)32/h8-11,13-14,16H,2-7,12,15H2,1H3,(H,30,31). The zero-order valence-corrected chi connectivity index (χ0v) is 20.2. The van der Waals surface area contributed by atoms with Crippen molar-refractivity contribution in [2.45, 2.75) is 58.2 Å². The Morgan fingerprint density at radius 1 is 1.09 bits per heavy atom. The number of thiazole rings is 1. The summed E-state index contributed by atoms with van der Waals surface area (Å²) in [6.07, 6.45) is 1.68. The zero-order valence-electron chi connectivity index (χ0n) is 19.4. The SMILES string of the molecule is CCCCCCCCOc1ccc(Nc2nc(-c3ccc4c(c3)COC4=O)cs2)cc1C(F)(F)F. The van der Waals surface area contributed by atoms with Crippen molar-refractivity contribution >= 4 is 28.1 Å². The summed E-state index contributed by atoms with van der Waals surface area (Å²) in [7, 11) is 0. The predicted molar refractivity (Wildman–Crippen MR) is 130 cm³/mol. The van der Waals surface area contributed by atoms with Crippen molar-refractivity contribution in [3.63, 3.8) is 0 Å². The molecule has 0 saturated heterocycles. The fourth-order valence-electron chi connectivity index (χ4n) is 3.90. The summed E-state index contributed by atoms with van der Waals surface area (Å²) >= 11 is 1.28. The Hall–Kier alpha value is -3.07. The summed E-state index contributed by atoms with van der Waals surface area (Å²) in [6, 6.07) is 9.29. The van der Waals surface area contributed by atoms with Crippen molar-refractivity contribution in [2.75, 3.05) is 11.9 Å². The van der Waals surface area contributed by atoms with Crippen LogP contribution in [-0.4, -0.2) is 17.6 Å². The number of carbonyl (C=O) groups excluding carboxylic acids is 1. The topological polar surface area (TPSA) is 60.4 Å². The Morgan fingerprint density at radius 3 is 2.69 bits per heavy atom. The van der Waals surface area contributed by atoms with E-state index < -0.39 is 11.7 Å². The van der Waals surface area contributed by atoms with Gasteiger partial charge in [-0.15, -0.1) is 11.3 Å². The molecular weight excluding hydrogens is 477 g/mol. The lowest BCUT2D eigenvalue weighted by Crippen LogP contribution is -2.10. The maximum atomic E-state index is 13.7. The van der Waals surface area contributed by atoms with Gasteiger partial charge in [0.15, 0.2) is 5.13 Å². The number of nitrogens with zero attached hydrogens (tertiary/aromatic N) is 1. The van der Waals surface area contributed by atoms with E-state index in [-0.39, 0.29) is 30.6 Å². The molecule has 3 aromatic rings. The van der Waals surface area contributed by atoms with Gasteiger partial charge in [-0.2, -0.15) is 13.2 Å². The number of aromatic nitrogens is 1. The largest absolute Gasteiger partial charge is 0.493 e. The predicted octanol–water partition coefficient (Wildman–Crippen LogP) is 7.98. The van der Waals surface area contributed by atoms with E-state index in [0.29, 0.717) is 16.4 Å². The molecule has 1 aliphatic rings. The van der Waals surface area contributed by atoms with E-state index in [1.165, 1.54) is 23.8 Å². The second-order valence-corrected chi connectivity index (χ2v) is 9.29. The Kier molecular flexibility index (Phi) is 7.95. The van der Waals surface area contributed by atoms with Crippen LogP contribution in [0.3, 0.4) is 0 Å². The highest BCUT2D eigenvalue weighted by Gasteiger charge is 2.35. The van der Waals surface area contributed by atoms with Gasteiger partial charge in [0.25, 0.3) is 0 Å². The molecule has 9 heteroatoms. The van der Waals surface area contributed by atoms with Crippen LogP contribution >= 0.6 is 11.3 Å². The minimum absolute atomic E-state index is 0.161. The van der Waals surface area contributed by atoms with Crippen LogP contribution in [0.25, 0.3) is 11.3 Å². The lowest BCUT2D eigenvalue weighted by molar-refractivity contribution is -0.138. The van der Waals surface area contributed by atoms with E-state index in [2.05, 4.69) is 17.2 Å². The molecular formula is C26H27F3N2O3S. The van der Waals surface area contributed by atoms with Crippen LogP contribution in [0.1, 0.15) is 66.9 Å². The number of rotatable bonds is 11. The summed E-state index contributed by atoms with van der Waals surface area (Å²) in [5.74, 6) is -0.501. The maximum Gasteiger partial charge on any atom is 0.420 e. The molecule has 0 unspecified atom stereocenters. The Balaban J connectivity index is 1.41. The van der Waals surface area contributed by atoms with Gasteiger partial charge >= 0.3 is 12.1 Å². The fourth-order valence-corrected chi connectivity index (χ4v) is 4.64. The first-order valence-electron chi connectivity index (χ1n) is 11.7. The van der Waals surface area contributed by atoms with E-state index in [1.54, 1.807) is 18.2 Å². The third-order valence-corrected chi connectivity index (χ3v) is 6.53.